The van der Waals surface area contributed by atoms with Gasteiger partial charge in [0.15, 0.2) is 0 Å². The van der Waals surface area contributed by atoms with Crippen molar-refractivity contribution in [3.63, 3.8) is 0 Å². The van der Waals surface area contributed by atoms with Crippen LogP contribution in [0.15, 0.2) is 0 Å². The highest BCUT2D eigenvalue weighted by atomic mass is 15.3. The summed E-state index contributed by atoms with van der Waals surface area (Å²) in [6, 6.07) is 3.44. The third-order valence-electron chi connectivity index (χ3n) is 5.29. The van der Waals surface area contributed by atoms with Crippen LogP contribution in [0.2, 0.25) is 0 Å². The van der Waals surface area contributed by atoms with Gasteiger partial charge >= 0.3 is 0 Å². The number of nitrogens with zero attached hydrogens (tertiary/aromatic N) is 2. The van der Waals surface area contributed by atoms with Crippen molar-refractivity contribution in [1.29, 1.82) is 0 Å². The Balaban J connectivity index is 2.88. The lowest BCUT2D eigenvalue weighted by Gasteiger charge is -2.54. The van der Waals surface area contributed by atoms with E-state index in [1.807, 2.05) is 0 Å². The van der Waals surface area contributed by atoms with Crippen molar-refractivity contribution < 1.29 is 0 Å². The predicted octanol–water partition coefficient (Wildman–Crippen LogP) is 3.76. The van der Waals surface area contributed by atoms with Crippen LogP contribution in [0.5, 0.6) is 0 Å². The number of likely N-dealkylation sites (N-methyl/N-ethyl adjacent to an activating group) is 1. The summed E-state index contributed by atoms with van der Waals surface area (Å²) in [5, 5.41) is 0. The van der Waals surface area contributed by atoms with Crippen LogP contribution in [0.4, 0.5) is 0 Å². The maximum Gasteiger partial charge on any atom is 0.0227 e. The molecular weight excluding hydrogens is 220 g/mol. The highest BCUT2D eigenvalue weighted by molar-refractivity contribution is 4.96. The number of hydrogen-bond donors (Lipinski definition) is 0. The van der Waals surface area contributed by atoms with Crippen LogP contribution < -0.4 is 0 Å². The molecule has 4 atom stereocenters. The summed E-state index contributed by atoms with van der Waals surface area (Å²) in [6.45, 7) is 14.2. The van der Waals surface area contributed by atoms with Gasteiger partial charge in [0.25, 0.3) is 0 Å². The average molecular weight is 254 g/mol. The van der Waals surface area contributed by atoms with E-state index in [0.29, 0.717) is 24.2 Å². The lowest BCUT2D eigenvalue weighted by molar-refractivity contribution is -0.0540. The van der Waals surface area contributed by atoms with Crippen molar-refractivity contribution in [3.05, 3.63) is 0 Å². The zero-order valence-corrected chi connectivity index (χ0v) is 13.6. The van der Waals surface area contributed by atoms with Crippen LogP contribution in [-0.4, -0.2) is 47.1 Å². The Hall–Kier alpha value is -0.0800. The predicted molar refractivity (Wildman–Crippen MR) is 81.1 cm³/mol. The normalized spacial score (nSPS) is 35.3. The van der Waals surface area contributed by atoms with Crippen LogP contribution in [0.25, 0.3) is 0 Å². The topological polar surface area (TPSA) is 6.48 Å². The van der Waals surface area contributed by atoms with Gasteiger partial charge in [-0.25, -0.2) is 0 Å². The van der Waals surface area contributed by atoms with E-state index in [1.165, 1.54) is 25.7 Å². The van der Waals surface area contributed by atoms with Gasteiger partial charge in [-0.05, 0) is 47.6 Å². The van der Waals surface area contributed by atoms with Crippen molar-refractivity contribution in [2.45, 2.75) is 97.4 Å². The first-order valence-electron chi connectivity index (χ1n) is 7.94. The van der Waals surface area contributed by atoms with Gasteiger partial charge in [0.2, 0.25) is 0 Å². The summed E-state index contributed by atoms with van der Waals surface area (Å²) in [7, 11) is 2.29. The summed E-state index contributed by atoms with van der Waals surface area (Å²) < 4.78 is 0. The Morgan fingerprint density at radius 1 is 0.778 bits per heavy atom. The number of rotatable bonds is 5. The molecule has 0 aromatic heterocycles. The second kappa shape index (κ2) is 6.91. The third kappa shape index (κ3) is 3.08. The third-order valence-corrected chi connectivity index (χ3v) is 5.29. The minimum absolute atomic E-state index is 0.660. The summed E-state index contributed by atoms with van der Waals surface area (Å²) in [5.41, 5.74) is 0. The second-order valence-electron chi connectivity index (χ2n) is 6.31. The highest BCUT2D eigenvalue weighted by Gasteiger charge is 2.40. The number of piperazine rings is 1. The van der Waals surface area contributed by atoms with E-state index < -0.39 is 0 Å². The van der Waals surface area contributed by atoms with E-state index >= 15 is 0 Å². The summed E-state index contributed by atoms with van der Waals surface area (Å²) >= 11 is 0. The zero-order valence-electron chi connectivity index (χ0n) is 13.6. The molecule has 1 fully saturated rings. The molecule has 4 unspecified atom stereocenters. The summed E-state index contributed by atoms with van der Waals surface area (Å²) in [5.74, 6) is 0. The molecule has 18 heavy (non-hydrogen) atoms. The maximum atomic E-state index is 2.82. The molecule has 108 valence electrons. The van der Waals surface area contributed by atoms with Crippen molar-refractivity contribution in [3.8, 4) is 0 Å². The first-order valence-corrected chi connectivity index (χ1v) is 7.94. The SMILES string of the molecule is CCCC(CCC)N1C(C)C(C)N(C)C(C)C1C. The molecule has 0 spiro atoms. The van der Waals surface area contributed by atoms with E-state index in [2.05, 4.69) is 58.4 Å². The Kier molecular flexibility index (Phi) is 6.13. The monoisotopic (exact) mass is 254 g/mol. The minimum atomic E-state index is 0.660. The van der Waals surface area contributed by atoms with Crippen molar-refractivity contribution >= 4 is 0 Å². The quantitative estimate of drug-likeness (QED) is 0.737. The molecule has 0 N–H and O–H groups in total. The molecule has 0 saturated carbocycles. The van der Waals surface area contributed by atoms with Crippen LogP contribution >= 0.6 is 0 Å². The molecule has 2 heteroatoms. The largest absolute Gasteiger partial charge is 0.298 e. The summed E-state index contributed by atoms with van der Waals surface area (Å²) in [6.07, 6.45) is 5.32. The van der Waals surface area contributed by atoms with E-state index in [1.54, 1.807) is 0 Å². The summed E-state index contributed by atoms with van der Waals surface area (Å²) in [4.78, 5) is 5.38. The molecule has 1 heterocycles. The van der Waals surface area contributed by atoms with E-state index in [-0.39, 0.29) is 0 Å². The van der Waals surface area contributed by atoms with Gasteiger partial charge in [0, 0.05) is 30.2 Å². The van der Waals surface area contributed by atoms with Gasteiger partial charge in [-0.1, -0.05) is 26.7 Å². The number of hydrogen-bond acceptors (Lipinski definition) is 2. The van der Waals surface area contributed by atoms with Crippen LogP contribution in [0.1, 0.15) is 67.2 Å². The molecule has 2 nitrogen and oxygen atoms in total. The van der Waals surface area contributed by atoms with E-state index in [4.69, 9.17) is 0 Å². The van der Waals surface area contributed by atoms with E-state index in [0.717, 1.165) is 6.04 Å². The average Bonchev–Trinajstić information content (AvgIpc) is 2.35. The smallest absolute Gasteiger partial charge is 0.0227 e. The van der Waals surface area contributed by atoms with Gasteiger partial charge in [-0.3, -0.25) is 9.80 Å². The van der Waals surface area contributed by atoms with E-state index in [9.17, 15) is 0 Å². The van der Waals surface area contributed by atoms with Crippen LogP contribution in [0.3, 0.4) is 0 Å². The van der Waals surface area contributed by atoms with Crippen LogP contribution in [0, 0.1) is 0 Å². The highest BCUT2D eigenvalue weighted by Crippen LogP contribution is 2.30. The minimum Gasteiger partial charge on any atom is -0.298 e. The van der Waals surface area contributed by atoms with Gasteiger partial charge in [0.1, 0.15) is 0 Å². The Labute approximate surface area is 115 Å². The van der Waals surface area contributed by atoms with Crippen LogP contribution in [-0.2, 0) is 0 Å². The van der Waals surface area contributed by atoms with Gasteiger partial charge < -0.3 is 0 Å². The zero-order chi connectivity index (χ0) is 13.9. The molecule has 1 aliphatic heterocycles. The van der Waals surface area contributed by atoms with Gasteiger partial charge in [-0.2, -0.15) is 0 Å². The fourth-order valence-corrected chi connectivity index (χ4v) is 3.69. The fraction of sp³-hybridized carbons (Fsp3) is 1.00. The molecule has 0 radical (unpaired) electrons. The molecular formula is C16H34N2. The van der Waals surface area contributed by atoms with Gasteiger partial charge in [0.05, 0.1) is 0 Å². The molecule has 1 aliphatic rings. The lowest BCUT2D eigenvalue weighted by atomic mass is 9.90. The molecule has 1 rings (SSSR count). The Morgan fingerprint density at radius 2 is 1.17 bits per heavy atom. The molecule has 0 aromatic rings. The first kappa shape index (κ1) is 16.0. The van der Waals surface area contributed by atoms with Crippen molar-refractivity contribution in [1.82, 2.24) is 9.80 Å². The molecule has 0 amide bonds. The molecule has 1 saturated heterocycles. The molecule has 0 aromatic carbocycles. The van der Waals surface area contributed by atoms with Gasteiger partial charge in [-0.15, -0.1) is 0 Å². The molecule has 0 aliphatic carbocycles. The Morgan fingerprint density at radius 3 is 1.50 bits per heavy atom. The lowest BCUT2D eigenvalue weighted by Crippen LogP contribution is -2.66. The van der Waals surface area contributed by atoms with Crippen molar-refractivity contribution in [2.24, 2.45) is 0 Å². The fourth-order valence-electron chi connectivity index (χ4n) is 3.69. The Bertz CT molecular complexity index is 219. The standard InChI is InChI=1S/C16H34N2/c1-8-10-16(11-9-2)18-14(5)12(3)17(7)13(4)15(18)6/h12-16H,8-11H2,1-7H3. The van der Waals surface area contributed by atoms with Crippen molar-refractivity contribution in [2.75, 3.05) is 7.05 Å². The molecule has 0 bridgehead atoms. The second-order valence-corrected chi connectivity index (χ2v) is 6.31. The maximum absolute atomic E-state index is 2.82. The first-order chi connectivity index (χ1) is 8.45.